The molecule has 5 rings (SSSR count). The second-order valence-corrected chi connectivity index (χ2v) is 11.8. The van der Waals surface area contributed by atoms with E-state index in [1.165, 1.54) is 21.0 Å². The molecule has 2 aliphatic rings. The molecule has 0 N–H and O–H groups in total. The Kier molecular flexibility index (Phi) is 7.40. The fourth-order valence-electron chi connectivity index (χ4n) is 5.19. The molecule has 1 amide bonds. The first-order chi connectivity index (χ1) is 18.3. The van der Waals surface area contributed by atoms with Crippen molar-refractivity contribution in [2.24, 2.45) is 0 Å². The Labute approximate surface area is 225 Å². The fraction of sp³-hybridized carbons (Fsp3) is 0.379. The molecule has 0 aliphatic carbocycles. The molecule has 1 aromatic heterocycles. The molecule has 2 aromatic carbocycles. The van der Waals surface area contributed by atoms with Crippen LogP contribution in [0.2, 0.25) is 0 Å². The zero-order valence-electron chi connectivity index (χ0n) is 22.3. The largest absolute Gasteiger partial charge is 0.369 e. The highest BCUT2D eigenvalue weighted by Gasteiger charge is 2.36. The molecule has 1 saturated heterocycles. The number of piperazine rings is 1. The molecule has 2 aliphatic heterocycles. The Morgan fingerprint density at radius 3 is 2.37 bits per heavy atom. The number of sulfonamides is 1. The van der Waals surface area contributed by atoms with Crippen LogP contribution in [0.1, 0.15) is 40.4 Å². The molecule has 0 spiro atoms. The van der Waals surface area contributed by atoms with E-state index in [1.807, 2.05) is 25.1 Å². The summed E-state index contributed by atoms with van der Waals surface area (Å²) in [4.78, 5) is 17.5. The van der Waals surface area contributed by atoms with E-state index >= 15 is 0 Å². The fourth-order valence-corrected chi connectivity index (χ4v) is 6.71. The number of benzene rings is 2. The molecule has 3 heterocycles. The van der Waals surface area contributed by atoms with E-state index in [1.54, 1.807) is 15.8 Å². The number of aryl methyl sites for hydroxylation is 3. The number of amides is 1. The third-order valence-electron chi connectivity index (χ3n) is 7.45. The monoisotopic (exact) mass is 533 g/mol. The average Bonchev–Trinajstić information content (AvgIpc) is 3.40. The van der Waals surface area contributed by atoms with Crippen molar-refractivity contribution in [3.05, 3.63) is 83.1 Å². The number of carbonyl (C=O) groups is 1. The maximum Gasteiger partial charge on any atom is 0.263 e. The summed E-state index contributed by atoms with van der Waals surface area (Å²) < 4.78 is 30.6. The molecule has 1 fully saturated rings. The average molecular weight is 534 g/mol. The lowest BCUT2D eigenvalue weighted by molar-refractivity contribution is 0.0768. The topological polar surface area (TPSA) is 78.8 Å². The summed E-state index contributed by atoms with van der Waals surface area (Å²) in [6, 6.07) is 16.5. The van der Waals surface area contributed by atoms with Gasteiger partial charge >= 0.3 is 0 Å². The van der Waals surface area contributed by atoms with Gasteiger partial charge in [-0.1, -0.05) is 48.5 Å². The van der Waals surface area contributed by atoms with Crippen LogP contribution >= 0.6 is 0 Å². The maximum atomic E-state index is 13.8. The minimum absolute atomic E-state index is 0.137. The maximum absolute atomic E-state index is 13.8. The van der Waals surface area contributed by atoms with Gasteiger partial charge in [-0.15, -0.1) is 0 Å². The van der Waals surface area contributed by atoms with Crippen molar-refractivity contribution >= 4 is 27.2 Å². The van der Waals surface area contributed by atoms with E-state index in [0.717, 1.165) is 17.7 Å². The van der Waals surface area contributed by atoms with Crippen LogP contribution in [-0.4, -0.2) is 72.6 Å². The second kappa shape index (κ2) is 10.7. The van der Waals surface area contributed by atoms with Crippen molar-refractivity contribution in [2.75, 3.05) is 44.2 Å². The van der Waals surface area contributed by atoms with Crippen LogP contribution in [-0.2, 0) is 16.6 Å². The normalized spacial score (nSPS) is 17.0. The summed E-state index contributed by atoms with van der Waals surface area (Å²) in [7, 11) is -3.93. The van der Waals surface area contributed by atoms with Crippen molar-refractivity contribution in [1.29, 1.82) is 0 Å². The second-order valence-electron chi connectivity index (χ2n) is 9.98. The summed E-state index contributed by atoms with van der Waals surface area (Å²) in [5.41, 5.74) is 6.00. The highest BCUT2D eigenvalue weighted by atomic mass is 32.2. The first-order valence-electron chi connectivity index (χ1n) is 13.2. The molecule has 0 saturated carbocycles. The van der Waals surface area contributed by atoms with Gasteiger partial charge in [-0.3, -0.25) is 9.48 Å². The summed E-state index contributed by atoms with van der Waals surface area (Å²) >= 11 is 0. The zero-order valence-corrected chi connectivity index (χ0v) is 23.1. The Morgan fingerprint density at radius 2 is 1.71 bits per heavy atom. The third kappa shape index (κ3) is 5.13. The predicted molar refractivity (Wildman–Crippen MR) is 150 cm³/mol. The van der Waals surface area contributed by atoms with Gasteiger partial charge in [-0.25, -0.2) is 8.42 Å². The van der Waals surface area contributed by atoms with Gasteiger partial charge in [0.25, 0.3) is 15.9 Å². The van der Waals surface area contributed by atoms with Crippen LogP contribution < -0.4 is 4.90 Å². The first kappa shape index (κ1) is 26.2. The lowest BCUT2D eigenvalue weighted by Gasteiger charge is -2.36. The van der Waals surface area contributed by atoms with Crippen LogP contribution in [0.3, 0.4) is 0 Å². The van der Waals surface area contributed by atoms with Gasteiger partial charge in [0.15, 0.2) is 0 Å². The molecule has 38 heavy (non-hydrogen) atoms. The Morgan fingerprint density at radius 1 is 0.974 bits per heavy atom. The number of aromatic nitrogens is 2. The molecule has 0 bridgehead atoms. The van der Waals surface area contributed by atoms with Gasteiger partial charge in [0.1, 0.15) is 0 Å². The molecule has 9 heteroatoms. The lowest BCUT2D eigenvalue weighted by Crippen LogP contribution is -2.49. The van der Waals surface area contributed by atoms with E-state index in [9.17, 15) is 13.2 Å². The van der Waals surface area contributed by atoms with E-state index in [2.05, 4.69) is 60.3 Å². The van der Waals surface area contributed by atoms with Gasteiger partial charge in [-0.2, -0.15) is 9.40 Å². The number of carbonyl (C=O) groups excluding carboxylic acids is 1. The van der Waals surface area contributed by atoms with E-state index in [0.29, 0.717) is 45.8 Å². The minimum Gasteiger partial charge on any atom is -0.369 e. The van der Waals surface area contributed by atoms with Crippen LogP contribution in [0.15, 0.2) is 65.8 Å². The molecule has 0 atom stereocenters. The number of hydrogen-bond acceptors (Lipinski definition) is 5. The SMILES string of the molecule is CCn1cc(C(=O)N2CC=C(c3ccccc3)CC2)c(S(=O)(=O)N2CCN(c3cc(C)ccc3C)CC2)n1. The number of hydrogen-bond donors (Lipinski definition) is 0. The van der Waals surface area contributed by atoms with Gasteiger partial charge in [0, 0.05) is 57.7 Å². The summed E-state index contributed by atoms with van der Waals surface area (Å²) in [5, 5.41) is 4.23. The number of anilines is 1. The Balaban J connectivity index is 1.34. The van der Waals surface area contributed by atoms with E-state index < -0.39 is 10.0 Å². The van der Waals surface area contributed by atoms with Crippen LogP contribution in [0, 0.1) is 13.8 Å². The van der Waals surface area contributed by atoms with Crippen LogP contribution in [0.4, 0.5) is 5.69 Å². The molecule has 3 aromatic rings. The van der Waals surface area contributed by atoms with Crippen LogP contribution in [0.5, 0.6) is 0 Å². The Bertz CT molecular complexity index is 1450. The van der Waals surface area contributed by atoms with Gasteiger partial charge in [0.05, 0.1) is 5.56 Å². The standard InChI is InChI=1S/C29H35N5O3S/c1-4-33-21-26(29(35)32-14-12-25(13-15-32)24-8-6-5-7-9-24)28(30-33)38(36,37)34-18-16-31(17-19-34)27-20-22(2)10-11-23(27)3/h5-12,20-21H,4,13-19H2,1-3H3. The van der Waals surface area contributed by atoms with Crippen molar-refractivity contribution in [3.63, 3.8) is 0 Å². The quantitative estimate of drug-likeness (QED) is 0.479. The van der Waals surface area contributed by atoms with Crippen LogP contribution in [0.25, 0.3) is 5.57 Å². The smallest absolute Gasteiger partial charge is 0.263 e. The van der Waals surface area contributed by atoms with Crippen molar-refractivity contribution < 1.29 is 13.2 Å². The van der Waals surface area contributed by atoms with Gasteiger partial charge in [-0.05, 0) is 55.5 Å². The molecular weight excluding hydrogens is 498 g/mol. The predicted octanol–water partition coefficient (Wildman–Crippen LogP) is 3.96. The molecule has 0 radical (unpaired) electrons. The van der Waals surface area contributed by atoms with Gasteiger partial charge < -0.3 is 9.80 Å². The Hall–Kier alpha value is -3.43. The van der Waals surface area contributed by atoms with E-state index in [4.69, 9.17) is 0 Å². The summed E-state index contributed by atoms with van der Waals surface area (Å²) in [6.45, 7) is 9.33. The minimum atomic E-state index is -3.93. The number of rotatable bonds is 6. The molecule has 8 nitrogen and oxygen atoms in total. The van der Waals surface area contributed by atoms with Crippen molar-refractivity contribution in [3.8, 4) is 0 Å². The molecule has 200 valence electrons. The highest BCUT2D eigenvalue weighted by molar-refractivity contribution is 7.89. The van der Waals surface area contributed by atoms with Gasteiger partial charge in [0.2, 0.25) is 5.03 Å². The zero-order chi connectivity index (χ0) is 26.9. The number of nitrogens with zero attached hydrogens (tertiary/aromatic N) is 5. The third-order valence-corrected chi connectivity index (χ3v) is 9.29. The summed E-state index contributed by atoms with van der Waals surface area (Å²) in [6.07, 6.45) is 4.36. The highest BCUT2D eigenvalue weighted by Crippen LogP contribution is 2.28. The van der Waals surface area contributed by atoms with E-state index in [-0.39, 0.29) is 16.5 Å². The van der Waals surface area contributed by atoms with Crippen molar-refractivity contribution in [2.45, 2.75) is 38.8 Å². The first-order valence-corrected chi connectivity index (χ1v) is 14.7. The molecule has 0 unspecified atom stereocenters. The van der Waals surface area contributed by atoms with Crippen molar-refractivity contribution in [1.82, 2.24) is 19.0 Å². The molecular formula is C29H35N5O3S. The lowest BCUT2D eigenvalue weighted by atomic mass is 9.99. The summed E-state index contributed by atoms with van der Waals surface area (Å²) in [5.74, 6) is -0.291.